The Morgan fingerprint density at radius 1 is 1.16 bits per heavy atom. The van der Waals surface area contributed by atoms with Gasteiger partial charge in [0.15, 0.2) is 6.04 Å². The van der Waals surface area contributed by atoms with Crippen molar-refractivity contribution in [3.63, 3.8) is 0 Å². The minimum Gasteiger partial charge on any atom is -0.480 e. The van der Waals surface area contributed by atoms with Gasteiger partial charge in [-0.3, -0.25) is 4.79 Å². The quantitative estimate of drug-likeness (QED) is 0.338. The second-order valence-electron chi connectivity index (χ2n) is 9.36. The van der Waals surface area contributed by atoms with Gasteiger partial charge in [-0.15, -0.1) is 0 Å². The number of rotatable bonds is 11. The Morgan fingerprint density at radius 3 is 2.59 bits per heavy atom. The first-order valence-corrected chi connectivity index (χ1v) is 12.3. The van der Waals surface area contributed by atoms with E-state index in [1.807, 2.05) is 24.3 Å². The summed E-state index contributed by atoms with van der Waals surface area (Å²) in [5.41, 5.74) is 0.581. The third-order valence-corrected chi connectivity index (χ3v) is 6.81. The molecular formula is C26H31N5O6. The first-order valence-electron chi connectivity index (χ1n) is 12.3. The van der Waals surface area contributed by atoms with Gasteiger partial charge >= 0.3 is 12.1 Å². The predicted molar refractivity (Wildman–Crippen MR) is 135 cm³/mol. The van der Waals surface area contributed by atoms with E-state index in [9.17, 15) is 19.5 Å². The van der Waals surface area contributed by atoms with Crippen molar-refractivity contribution >= 4 is 30.0 Å². The highest BCUT2D eigenvalue weighted by molar-refractivity contribution is 5.98. The minimum absolute atomic E-state index is 0.0195. The number of aromatic nitrogens is 1. The zero-order chi connectivity index (χ0) is 26.1. The molecule has 2 amide bonds. The number of nitrogens with zero attached hydrogens (tertiary/aromatic N) is 2. The van der Waals surface area contributed by atoms with E-state index >= 15 is 0 Å². The summed E-state index contributed by atoms with van der Waals surface area (Å²) in [7, 11) is 0. The van der Waals surface area contributed by atoms with E-state index in [0.717, 1.165) is 43.6 Å². The number of carboxylic acid groups (broad SMARTS) is 1. The van der Waals surface area contributed by atoms with Crippen LogP contribution in [0.3, 0.4) is 0 Å². The SMILES string of the molecule is O=CNC(C1=NOC2(CCC(CNc3ccccn3)CC2)C1)[C@H](NC(=O)OCc1ccccc1)C(=O)O. The average Bonchev–Trinajstić information content (AvgIpc) is 3.33. The van der Waals surface area contributed by atoms with E-state index in [1.165, 1.54) is 0 Å². The lowest BCUT2D eigenvalue weighted by Crippen LogP contribution is -2.57. The Balaban J connectivity index is 1.32. The largest absolute Gasteiger partial charge is 0.480 e. The molecule has 196 valence electrons. The molecule has 1 unspecified atom stereocenters. The highest BCUT2D eigenvalue weighted by Gasteiger charge is 2.46. The van der Waals surface area contributed by atoms with Crippen LogP contribution in [0.5, 0.6) is 0 Å². The van der Waals surface area contributed by atoms with E-state index in [0.29, 0.717) is 24.5 Å². The maximum absolute atomic E-state index is 12.4. The van der Waals surface area contributed by atoms with Crippen LogP contribution in [0.1, 0.15) is 37.7 Å². The van der Waals surface area contributed by atoms with Crippen LogP contribution in [0.2, 0.25) is 0 Å². The van der Waals surface area contributed by atoms with E-state index in [4.69, 9.17) is 9.57 Å². The zero-order valence-electron chi connectivity index (χ0n) is 20.3. The summed E-state index contributed by atoms with van der Waals surface area (Å²) in [4.78, 5) is 45.9. The van der Waals surface area contributed by atoms with Gasteiger partial charge in [0.2, 0.25) is 6.41 Å². The Bertz CT molecular complexity index is 1090. The molecule has 1 aliphatic carbocycles. The number of benzene rings is 1. The molecule has 0 bridgehead atoms. The third kappa shape index (κ3) is 6.96. The van der Waals surface area contributed by atoms with Crippen molar-refractivity contribution in [2.75, 3.05) is 11.9 Å². The lowest BCUT2D eigenvalue weighted by atomic mass is 9.75. The number of hydrogen-bond acceptors (Lipinski definition) is 8. The molecule has 4 rings (SSSR count). The molecule has 2 heterocycles. The molecule has 1 aliphatic heterocycles. The fraction of sp³-hybridized carbons (Fsp3) is 0.423. The molecule has 4 N–H and O–H groups in total. The summed E-state index contributed by atoms with van der Waals surface area (Å²) < 4.78 is 5.17. The number of anilines is 1. The molecule has 2 atom stereocenters. The molecule has 0 saturated heterocycles. The number of nitrogens with one attached hydrogen (secondary N) is 3. The van der Waals surface area contributed by atoms with Crippen LogP contribution in [0, 0.1) is 5.92 Å². The summed E-state index contributed by atoms with van der Waals surface area (Å²) >= 11 is 0. The van der Waals surface area contributed by atoms with Crippen molar-refractivity contribution in [1.29, 1.82) is 0 Å². The van der Waals surface area contributed by atoms with E-state index in [1.54, 1.807) is 30.5 Å². The van der Waals surface area contributed by atoms with Crippen molar-refractivity contribution in [1.82, 2.24) is 15.6 Å². The van der Waals surface area contributed by atoms with Crippen LogP contribution in [0.15, 0.2) is 59.9 Å². The van der Waals surface area contributed by atoms with Gasteiger partial charge in [-0.1, -0.05) is 41.6 Å². The molecule has 1 aromatic carbocycles. The molecule has 1 spiro atoms. The lowest BCUT2D eigenvalue weighted by Gasteiger charge is -2.35. The van der Waals surface area contributed by atoms with Crippen molar-refractivity contribution in [2.45, 2.75) is 56.4 Å². The molecule has 2 aromatic rings. The fourth-order valence-corrected chi connectivity index (χ4v) is 4.75. The number of oxime groups is 1. The monoisotopic (exact) mass is 509 g/mol. The molecule has 1 saturated carbocycles. The van der Waals surface area contributed by atoms with Gasteiger partial charge in [-0.05, 0) is 49.3 Å². The summed E-state index contributed by atoms with van der Waals surface area (Å²) in [6.45, 7) is 0.778. The van der Waals surface area contributed by atoms with Gasteiger partial charge in [0.05, 0.1) is 5.71 Å². The molecule has 37 heavy (non-hydrogen) atoms. The van der Waals surface area contributed by atoms with E-state index in [-0.39, 0.29) is 6.61 Å². The molecule has 0 radical (unpaired) electrons. The topological polar surface area (TPSA) is 151 Å². The fourth-order valence-electron chi connectivity index (χ4n) is 4.75. The van der Waals surface area contributed by atoms with E-state index < -0.39 is 29.7 Å². The van der Waals surface area contributed by atoms with Gasteiger partial charge in [0.1, 0.15) is 24.1 Å². The number of carbonyl (C=O) groups is 3. The number of amides is 2. The lowest BCUT2D eigenvalue weighted by molar-refractivity contribution is -0.139. The molecule has 11 heteroatoms. The number of pyridine rings is 1. The third-order valence-electron chi connectivity index (χ3n) is 6.81. The zero-order valence-corrected chi connectivity index (χ0v) is 20.3. The van der Waals surface area contributed by atoms with Crippen LogP contribution in [0.25, 0.3) is 0 Å². The maximum atomic E-state index is 12.4. The Hall–Kier alpha value is -4.15. The number of carboxylic acids is 1. The standard InChI is InChI=1S/C26H31N5O6/c32-17-29-22(23(24(33)34)30-25(35)36-16-19-6-2-1-3-7-19)20-14-26(37-31-20)11-9-18(10-12-26)15-28-21-8-4-5-13-27-21/h1-8,13,17-18,22-23H,9-12,14-16H2,(H,27,28)(H,29,32)(H,30,35)(H,33,34)/t18?,22?,23-,26?/m0/s1. The van der Waals surface area contributed by atoms with Crippen LogP contribution in [0.4, 0.5) is 10.6 Å². The number of aliphatic carboxylic acids is 1. The highest BCUT2D eigenvalue weighted by Crippen LogP contribution is 2.41. The van der Waals surface area contributed by atoms with Crippen molar-refractivity contribution in [2.24, 2.45) is 11.1 Å². The van der Waals surface area contributed by atoms with Crippen LogP contribution in [-0.2, 0) is 25.8 Å². The van der Waals surface area contributed by atoms with Gasteiger partial charge < -0.3 is 30.6 Å². The maximum Gasteiger partial charge on any atom is 0.408 e. The van der Waals surface area contributed by atoms with Crippen LogP contribution >= 0.6 is 0 Å². The number of carbonyl (C=O) groups excluding carboxylic acids is 2. The number of alkyl carbamates (subject to hydrolysis) is 1. The van der Waals surface area contributed by atoms with Crippen molar-refractivity contribution < 1.29 is 29.1 Å². The minimum atomic E-state index is -1.48. The van der Waals surface area contributed by atoms with Crippen LogP contribution in [-0.4, -0.2) is 58.5 Å². The van der Waals surface area contributed by atoms with Gasteiger partial charge in [-0.2, -0.15) is 0 Å². The molecule has 11 nitrogen and oxygen atoms in total. The summed E-state index contributed by atoms with van der Waals surface area (Å²) in [5.74, 6) is -0.0521. The average molecular weight is 510 g/mol. The molecule has 1 aromatic heterocycles. The Morgan fingerprint density at radius 2 is 1.92 bits per heavy atom. The smallest absolute Gasteiger partial charge is 0.408 e. The van der Waals surface area contributed by atoms with Gasteiger partial charge in [0, 0.05) is 19.2 Å². The second-order valence-corrected chi connectivity index (χ2v) is 9.36. The normalized spacial score (nSPS) is 22.2. The summed E-state index contributed by atoms with van der Waals surface area (Å²) in [6.07, 6.45) is 4.88. The van der Waals surface area contributed by atoms with Crippen molar-refractivity contribution in [3.8, 4) is 0 Å². The first kappa shape index (κ1) is 25.9. The number of hydrogen-bond donors (Lipinski definition) is 4. The van der Waals surface area contributed by atoms with Crippen molar-refractivity contribution in [3.05, 3.63) is 60.3 Å². The van der Waals surface area contributed by atoms with Gasteiger partial charge in [-0.25, -0.2) is 14.6 Å². The molecule has 1 fully saturated rings. The summed E-state index contributed by atoms with van der Waals surface area (Å²) in [6, 6.07) is 12.2. The second kappa shape index (κ2) is 12.2. The summed E-state index contributed by atoms with van der Waals surface area (Å²) in [5, 5.41) is 22.2. The molecular weight excluding hydrogens is 478 g/mol. The van der Waals surface area contributed by atoms with Crippen LogP contribution < -0.4 is 16.0 Å². The predicted octanol–water partition coefficient (Wildman–Crippen LogP) is 2.69. The highest BCUT2D eigenvalue weighted by atomic mass is 16.7. The first-order chi connectivity index (χ1) is 18.0. The van der Waals surface area contributed by atoms with Gasteiger partial charge in [0.25, 0.3) is 0 Å². The van der Waals surface area contributed by atoms with E-state index in [2.05, 4.69) is 26.1 Å². The number of ether oxygens (including phenoxy) is 1. The molecule has 2 aliphatic rings. The Kier molecular flexibility index (Phi) is 8.55. The Labute approximate surface area is 214 Å².